The minimum atomic E-state index is -0.0773. The lowest BCUT2D eigenvalue weighted by Crippen LogP contribution is -2.33. The standard InChI is InChI=1S/C15H23NO3/c1-4-16(8-9-17)15(18)13-6-5-7-14(10-13)19-11-12(2)3/h5-7,10,12,17H,4,8-9,11H2,1-3H3. The minimum absolute atomic E-state index is 0.0247. The number of nitrogens with zero attached hydrogens (tertiary/aromatic N) is 1. The Bertz CT molecular complexity index is 404. The number of hydrogen-bond acceptors (Lipinski definition) is 3. The number of aliphatic hydroxyl groups excluding tert-OH is 1. The molecule has 0 bridgehead atoms. The average molecular weight is 265 g/mol. The number of likely N-dealkylation sites (N-methyl/N-ethyl adjacent to an activating group) is 1. The van der Waals surface area contributed by atoms with E-state index in [0.717, 1.165) is 0 Å². The molecule has 1 rings (SSSR count). The predicted octanol–water partition coefficient (Wildman–Crippen LogP) is 2.18. The van der Waals surface area contributed by atoms with Crippen molar-refractivity contribution in [3.05, 3.63) is 29.8 Å². The van der Waals surface area contributed by atoms with Gasteiger partial charge in [0.25, 0.3) is 5.91 Å². The zero-order chi connectivity index (χ0) is 14.3. The number of ether oxygens (including phenoxy) is 1. The van der Waals surface area contributed by atoms with Crippen molar-refractivity contribution in [3.63, 3.8) is 0 Å². The number of amides is 1. The van der Waals surface area contributed by atoms with Crippen LogP contribution >= 0.6 is 0 Å². The molecule has 0 spiro atoms. The second kappa shape index (κ2) is 7.79. The van der Waals surface area contributed by atoms with Crippen molar-refractivity contribution in [1.82, 2.24) is 4.90 Å². The molecular formula is C15H23NO3. The molecule has 1 N–H and O–H groups in total. The number of carbonyl (C=O) groups excluding carboxylic acids is 1. The first-order chi connectivity index (χ1) is 9.08. The zero-order valence-corrected chi connectivity index (χ0v) is 11.9. The molecule has 0 aromatic heterocycles. The lowest BCUT2D eigenvalue weighted by molar-refractivity contribution is 0.0731. The maximum atomic E-state index is 12.2. The summed E-state index contributed by atoms with van der Waals surface area (Å²) in [5.41, 5.74) is 0.594. The lowest BCUT2D eigenvalue weighted by atomic mass is 10.2. The van der Waals surface area contributed by atoms with Crippen LogP contribution in [0, 0.1) is 5.92 Å². The van der Waals surface area contributed by atoms with Crippen LogP contribution < -0.4 is 4.74 Å². The molecule has 1 amide bonds. The number of aliphatic hydroxyl groups is 1. The van der Waals surface area contributed by atoms with E-state index in [9.17, 15) is 4.79 Å². The van der Waals surface area contributed by atoms with Gasteiger partial charge in [-0.1, -0.05) is 19.9 Å². The van der Waals surface area contributed by atoms with Crippen LogP contribution in [0.3, 0.4) is 0 Å². The predicted molar refractivity (Wildman–Crippen MR) is 75.4 cm³/mol. The molecule has 0 aliphatic carbocycles. The van der Waals surface area contributed by atoms with Crippen LogP contribution in [0.2, 0.25) is 0 Å². The molecule has 4 nitrogen and oxygen atoms in total. The molecule has 0 radical (unpaired) electrons. The van der Waals surface area contributed by atoms with Crippen molar-refractivity contribution in [1.29, 1.82) is 0 Å². The molecule has 1 aromatic carbocycles. The maximum absolute atomic E-state index is 12.2. The Morgan fingerprint density at radius 3 is 2.74 bits per heavy atom. The monoisotopic (exact) mass is 265 g/mol. The van der Waals surface area contributed by atoms with Gasteiger partial charge >= 0.3 is 0 Å². The quantitative estimate of drug-likeness (QED) is 0.822. The molecule has 1 aromatic rings. The fourth-order valence-electron chi connectivity index (χ4n) is 1.69. The summed E-state index contributed by atoms with van der Waals surface area (Å²) in [7, 11) is 0. The van der Waals surface area contributed by atoms with Gasteiger partial charge in [0.15, 0.2) is 0 Å². The van der Waals surface area contributed by atoms with Crippen molar-refractivity contribution in [2.24, 2.45) is 5.92 Å². The van der Waals surface area contributed by atoms with E-state index in [1.165, 1.54) is 0 Å². The molecule has 0 aliphatic heterocycles. The summed E-state index contributed by atoms with van der Waals surface area (Å²) in [6, 6.07) is 7.19. The molecule has 0 heterocycles. The van der Waals surface area contributed by atoms with Crippen molar-refractivity contribution in [2.45, 2.75) is 20.8 Å². The van der Waals surface area contributed by atoms with Crippen LogP contribution in [0.4, 0.5) is 0 Å². The van der Waals surface area contributed by atoms with E-state index < -0.39 is 0 Å². The third-order valence-corrected chi connectivity index (χ3v) is 2.70. The number of benzene rings is 1. The van der Waals surface area contributed by atoms with Crippen molar-refractivity contribution >= 4 is 5.91 Å². The van der Waals surface area contributed by atoms with Gasteiger partial charge in [-0.15, -0.1) is 0 Å². The minimum Gasteiger partial charge on any atom is -0.493 e. The highest BCUT2D eigenvalue weighted by Gasteiger charge is 2.14. The van der Waals surface area contributed by atoms with Crippen LogP contribution in [0.1, 0.15) is 31.1 Å². The molecule has 0 atom stereocenters. The van der Waals surface area contributed by atoms with E-state index in [2.05, 4.69) is 13.8 Å². The summed E-state index contributed by atoms with van der Waals surface area (Å²) >= 11 is 0. The molecular weight excluding hydrogens is 242 g/mol. The molecule has 19 heavy (non-hydrogen) atoms. The van der Waals surface area contributed by atoms with E-state index in [0.29, 0.717) is 36.9 Å². The first-order valence-corrected chi connectivity index (χ1v) is 6.71. The second-order valence-electron chi connectivity index (χ2n) is 4.84. The molecule has 0 fully saturated rings. The van der Waals surface area contributed by atoms with Gasteiger partial charge in [0.1, 0.15) is 5.75 Å². The van der Waals surface area contributed by atoms with Gasteiger partial charge in [-0.2, -0.15) is 0 Å². The number of rotatable bonds is 7. The molecule has 0 saturated heterocycles. The zero-order valence-electron chi connectivity index (χ0n) is 11.9. The summed E-state index contributed by atoms with van der Waals surface area (Å²) in [6.45, 7) is 7.59. The van der Waals surface area contributed by atoms with E-state index in [1.807, 2.05) is 19.1 Å². The fraction of sp³-hybridized carbons (Fsp3) is 0.533. The van der Waals surface area contributed by atoms with Gasteiger partial charge in [0.05, 0.1) is 13.2 Å². The number of hydrogen-bond donors (Lipinski definition) is 1. The highest BCUT2D eigenvalue weighted by atomic mass is 16.5. The maximum Gasteiger partial charge on any atom is 0.254 e. The molecule has 106 valence electrons. The van der Waals surface area contributed by atoms with Crippen LogP contribution in [-0.4, -0.2) is 42.2 Å². The third-order valence-electron chi connectivity index (χ3n) is 2.70. The highest BCUT2D eigenvalue weighted by Crippen LogP contribution is 2.16. The first-order valence-electron chi connectivity index (χ1n) is 6.71. The van der Waals surface area contributed by atoms with Crippen molar-refractivity contribution in [2.75, 3.05) is 26.3 Å². The molecule has 0 unspecified atom stereocenters. The van der Waals surface area contributed by atoms with E-state index in [4.69, 9.17) is 9.84 Å². The van der Waals surface area contributed by atoms with E-state index >= 15 is 0 Å². The third kappa shape index (κ3) is 4.91. The molecule has 4 heteroatoms. The Morgan fingerprint density at radius 2 is 2.16 bits per heavy atom. The number of carbonyl (C=O) groups is 1. The normalized spacial score (nSPS) is 10.6. The Labute approximate surface area is 115 Å². The SMILES string of the molecule is CCN(CCO)C(=O)c1cccc(OCC(C)C)c1. The Kier molecular flexibility index (Phi) is 6.36. The van der Waals surface area contributed by atoms with Crippen molar-refractivity contribution in [3.8, 4) is 5.75 Å². The van der Waals surface area contributed by atoms with Crippen molar-refractivity contribution < 1.29 is 14.6 Å². The van der Waals surface area contributed by atoms with Crippen LogP contribution in [0.15, 0.2) is 24.3 Å². The Balaban J connectivity index is 2.77. The highest BCUT2D eigenvalue weighted by molar-refractivity contribution is 5.94. The fourth-order valence-corrected chi connectivity index (χ4v) is 1.69. The Hall–Kier alpha value is -1.55. The van der Waals surface area contributed by atoms with Gasteiger partial charge in [-0.25, -0.2) is 0 Å². The molecule has 0 aliphatic rings. The van der Waals surface area contributed by atoms with E-state index in [-0.39, 0.29) is 12.5 Å². The van der Waals surface area contributed by atoms with Gasteiger partial charge in [-0.05, 0) is 31.0 Å². The topological polar surface area (TPSA) is 49.8 Å². The average Bonchev–Trinajstić information content (AvgIpc) is 2.42. The largest absolute Gasteiger partial charge is 0.493 e. The summed E-state index contributed by atoms with van der Waals surface area (Å²) < 4.78 is 5.61. The lowest BCUT2D eigenvalue weighted by Gasteiger charge is -2.20. The van der Waals surface area contributed by atoms with Crippen LogP contribution in [0.25, 0.3) is 0 Å². The van der Waals surface area contributed by atoms with Gasteiger partial charge in [0.2, 0.25) is 0 Å². The summed E-state index contributed by atoms with van der Waals surface area (Å²) in [6.07, 6.45) is 0. The smallest absolute Gasteiger partial charge is 0.254 e. The Morgan fingerprint density at radius 1 is 1.42 bits per heavy atom. The first kappa shape index (κ1) is 15.5. The summed E-state index contributed by atoms with van der Waals surface area (Å²) in [4.78, 5) is 13.8. The van der Waals surface area contributed by atoms with Crippen LogP contribution in [0.5, 0.6) is 5.75 Å². The van der Waals surface area contributed by atoms with Gasteiger partial charge in [-0.3, -0.25) is 4.79 Å². The summed E-state index contributed by atoms with van der Waals surface area (Å²) in [5.74, 6) is 1.08. The second-order valence-corrected chi connectivity index (χ2v) is 4.84. The van der Waals surface area contributed by atoms with E-state index in [1.54, 1.807) is 17.0 Å². The molecule has 0 saturated carbocycles. The summed E-state index contributed by atoms with van der Waals surface area (Å²) in [5, 5.41) is 8.94. The van der Waals surface area contributed by atoms with Gasteiger partial charge < -0.3 is 14.7 Å². The van der Waals surface area contributed by atoms with Gasteiger partial charge in [0, 0.05) is 18.7 Å². The van der Waals surface area contributed by atoms with Crippen LogP contribution in [-0.2, 0) is 0 Å².